The molecule has 114 valence electrons. The quantitative estimate of drug-likeness (QED) is 0.479. The third-order valence-electron chi connectivity index (χ3n) is 2.85. The molecule has 6 nitrogen and oxygen atoms in total. The lowest BCUT2D eigenvalue weighted by atomic mass is 10.2. The molecule has 0 bridgehead atoms. The predicted molar refractivity (Wildman–Crippen MR) is 85.2 cm³/mol. The lowest BCUT2D eigenvalue weighted by Crippen LogP contribution is -2.25. The Morgan fingerprint density at radius 3 is 3.09 bits per heavy atom. The summed E-state index contributed by atoms with van der Waals surface area (Å²) in [5.74, 6) is 3.90. The van der Waals surface area contributed by atoms with Crippen LogP contribution >= 0.6 is 11.8 Å². The van der Waals surface area contributed by atoms with Crippen LogP contribution in [0.1, 0.15) is 5.76 Å². The van der Waals surface area contributed by atoms with Crippen LogP contribution in [-0.4, -0.2) is 33.0 Å². The molecule has 0 atom stereocenters. The van der Waals surface area contributed by atoms with Gasteiger partial charge in [0.05, 0.1) is 24.1 Å². The number of furan rings is 1. The lowest BCUT2D eigenvalue weighted by Gasteiger charge is -2.07. The van der Waals surface area contributed by atoms with Crippen molar-refractivity contribution in [3.05, 3.63) is 30.7 Å². The first-order valence-electron chi connectivity index (χ1n) is 6.59. The third kappa shape index (κ3) is 3.59. The molecule has 2 heterocycles. The summed E-state index contributed by atoms with van der Waals surface area (Å²) in [4.78, 5) is 11.6. The Bertz CT molecular complexity index is 711. The number of carbonyl (C=O) groups is 1. The summed E-state index contributed by atoms with van der Waals surface area (Å²) in [6.45, 7) is 6.37. The van der Waals surface area contributed by atoms with Crippen molar-refractivity contribution in [2.24, 2.45) is 0 Å². The summed E-state index contributed by atoms with van der Waals surface area (Å²) in [7, 11) is 0. The summed E-state index contributed by atoms with van der Waals surface area (Å²) in [5, 5.41) is 11.6. The Morgan fingerprint density at radius 1 is 1.64 bits per heavy atom. The summed E-state index contributed by atoms with van der Waals surface area (Å²) in [6, 6.07) is 1.84. The van der Waals surface area contributed by atoms with Gasteiger partial charge < -0.3 is 9.73 Å². The first-order valence-corrected chi connectivity index (χ1v) is 7.57. The van der Waals surface area contributed by atoms with Crippen LogP contribution in [0.25, 0.3) is 11.4 Å². The number of terminal acetylenes is 1. The topological polar surface area (TPSA) is 73.0 Å². The fourth-order valence-corrected chi connectivity index (χ4v) is 2.61. The van der Waals surface area contributed by atoms with E-state index in [2.05, 4.69) is 28.0 Å². The van der Waals surface area contributed by atoms with Crippen LogP contribution in [-0.2, 0) is 11.3 Å². The predicted octanol–water partition coefficient (Wildman–Crippen LogP) is 1.87. The van der Waals surface area contributed by atoms with E-state index < -0.39 is 0 Å². The molecule has 0 aliphatic rings. The molecule has 1 N–H and O–H groups in total. The molecule has 0 saturated heterocycles. The Balaban J connectivity index is 2.17. The van der Waals surface area contributed by atoms with E-state index in [-0.39, 0.29) is 18.2 Å². The summed E-state index contributed by atoms with van der Waals surface area (Å²) in [5.41, 5.74) is 0.873. The number of allylic oxidation sites excluding steroid dienone is 1. The maximum Gasteiger partial charge on any atom is 0.231 e. The van der Waals surface area contributed by atoms with Crippen LogP contribution in [0, 0.1) is 19.3 Å². The van der Waals surface area contributed by atoms with E-state index in [1.165, 1.54) is 11.8 Å². The average molecular weight is 316 g/mol. The molecule has 1 amide bonds. The standard InChI is InChI=1S/C15H16N4O2S/c1-4-7-16-13(20)10-22-15-18-17-14(19(15)8-5-2)12-6-9-21-11(12)3/h1,5-6,9H,2,7-8,10H2,3H3,(H,16,20). The molecule has 0 radical (unpaired) electrons. The fraction of sp³-hybridized carbons (Fsp3) is 0.267. The minimum Gasteiger partial charge on any atom is -0.469 e. The van der Waals surface area contributed by atoms with E-state index in [4.69, 9.17) is 10.8 Å². The second kappa shape index (κ2) is 7.52. The number of nitrogens with zero attached hydrogens (tertiary/aromatic N) is 3. The zero-order chi connectivity index (χ0) is 15.9. The van der Waals surface area contributed by atoms with Gasteiger partial charge in [-0.25, -0.2) is 0 Å². The van der Waals surface area contributed by atoms with E-state index in [1.807, 2.05) is 17.6 Å². The van der Waals surface area contributed by atoms with Crippen LogP contribution in [0.5, 0.6) is 0 Å². The Hall–Kier alpha value is -2.46. The van der Waals surface area contributed by atoms with Gasteiger partial charge in [-0.1, -0.05) is 23.8 Å². The van der Waals surface area contributed by atoms with Gasteiger partial charge in [-0.2, -0.15) is 0 Å². The monoisotopic (exact) mass is 316 g/mol. The van der Waals surface area contributed by atoms with Crippen molar-refractivity contribution in [1.82, 2.24) is 20.1 Å². The average Bonchev–Trinajstić information content (AvgIpc) is 3.09. The number of hydrogen-bond acceptors (Lipinski definition) is 5. The van der Waals surface area contributed by atoms with Gasteiger partial charge in [-0.05, 0) is 13.0 Å². The zero-order valence-corrected chi connectivity index (χ0v) is 13.0. The summed E-state index contributed by atoms with van der Waals surface area (Å²) >= 11 is 1.30. The fourth-order valence-electron chi connectivity index (χ4n) is 1.84. The largest absolute Gasteiger partial charge is 0.469 e. The van der Waals surface area contributed by atoms with Crippen LogP contribution < -0.4 is 5.32 Å². The smallest absolute Gasteiger partial charge is 0.231 e. The number of rotatable bonds is 7. The molecule has 2 aromatic rings. The normalized spacial score (nSPS) is 10.2. The number of thioether (sulfide) groups is 1. The van der Waals surface area contributed by atoms with Crippen molar-refractivity contribution >= 4 is 17.7 Å². The van der Waals surface area contributed by atoms with Gasteiger partial charge in [-0.3, -0.25) is 9.36 Å². The number of hydrogen-bond donors (Lipinski definition) is 1. The van der Waals surface area contributed by atoms with Gasteiger partial charge in [-0.15, -0.1) is 23.2 Å². The van der Waals surface area contributed by atoms with Crippen molar-refractivity contribution in [1.29, 1.82) is 0 Å². The minimum absolute atomic E-state index is 0.142. The molecule has 0 saturated carbocycles. The second-order valence-corrected chi connectivity index (χ2v) is 5.31. The van der Waals surface area contributed by atoms with Gasteiger partial charge in [0.15, 0.2) is 11.0 Å². The highest BCUT2D eigenvalue weighted by Crippen LogP contribution is 2.26. The summed E-state index contributed by atoms with van der Waals surface area (Å²) in [6.07, 6.45) is 8.47. The van der Waals surface area contributed by atoms with E-state index in [9.17, 15) is 4.79 Å². The SMILES string of the molecule is C#CCNC(=O)CSc1nnc(-c2ccoc2C)n1CC=C. The number of aromatic nitrogens is 3. The lowest BCUT2D eigenvalue weighted by molar-refractivity contribution is -0.118. The molecule has 0 aromatic carbocycles. The molecule has 0 aliphatic carbocycles. The molecular weight excluding hydrogens is 300 g/mol. The van der Waals surface area contributed by atoms with Gasteiger partial charge >= 0.3 is 0 Å². The molecule has 0 aliphatic heterocycles. The number of nitrogens with one attached hydrogen (secondary N) is 1. The van der Waals surface area contributed by atoms with Crippen LogP contribution in [0.3, 0.4) is 0 Å². The minimum atomic E-state index is -0.142. The Kier molecular flexibility index (Phi) is 5.44. The molecule has 22 heavy (non-hydrogen) atoms. The third-order valence-corrected chi connectivity index (χ3v) is 3.81. The zero-order valence-electron chi connectivity index (χ0n) is 12.2. The van der Waals surface area contributed by atoms with Gasteiger partial charge in [0.2, 0.25) is 5.91 Å². The van der Waals surface area contributed by atoms with E-state index in [0.717, 1.165) is 11.3 Å². The molecule has 0 fully saturated rings. The second-order valence-electron chi connectivity index (χ2n) is 4.37. The Morgan fingerprint density at radius 2 is 2.45 bits per heavy atom. The number of amides is 1. The van der Waals surface area contributed by atoms with Crippen LogP contribution in [0.4, 0.5) is 0 Å². The van der Waals surface area contributed by atoms with Gasteiger partial charge in [0.25, 0.3) is 0 Å². The van der Waals surface area contributed by atoms with Crippen molar-refractivity contribution in [2.75, 3.05) is 12.3 Å². The van der Waals surface area contributed by atoms with E-state index in [0.29, 0.717) is 17.5 Å². The molecule has 0 unspecified atom stereocenters. The number of aryl methyl sites for hydroxylation is 1. The first kappa shape index (κ1) is 15.9. The number of carbonyl (C=O) groups excluding carboxylic acids is 1. The Labute approximate surface area is 133 Å². The van der Waals surface area contributed by atoms with Gasteiger partial charge in [0, 0.05) is 6.54 Å². The van der Waals surface area contributed by atoms with E-state index >= 15 is 0 Å². The highest BCUT2D eigenvalue weighted by molar-refractivity contribution is 7.99. The summed E-state index contributed by atoms with van der Waals surface area (Å²) < 4.78 is 7.20. The molecular formula is C15H16N4O2S. The first-order chi connectivity index (χ1) is 10.7. The van der Waals surface area contributed by atoms with Crippen molar-refractivity contribution in [2.45, 2.75) is 18.6 Å². The molecule has 2 rings (SSSR count). The maximum atomic E-state index is 11.6. The molecule has 7 heteroatoms. The maximum absolute atomic E-state index is 11.6. The van der Waals surface area contributed by atoms with Crippen LogP contribution in [0.2, 0.25) is 0 Å². The van der Waals surface area contributed by atoms with Crippen molar-refractivity contribution < 1.29 is 9.21 Å². The molecule has 2 aromatic heterocycles. The highest BCUT2D eigenvalue weighted by atomic mass is 32.2. The molecule has 0 spiro atoms. The van der Waals surface area contributed by atoms with Gasteiger partial charge in [0.1, 0.15) is 5.76 Å². The van der Waals surface area contributed by atoms with Crippen LogP contribution in [0.15, 0.2) is 34.6 Å². The van der Waals surface area contributed by atoms with Crippen molar-refractivity contribution in [3.63, 3.8) is 0 Å². The van der Waals surface area contributed by atoms with Crippen molar-refractivity contribution in [3.8, 4) is 23.7 Å². The van der Waals surface area contributed by atoms with E-state index in [1.54, 1.807) is 12.3 Å². The highest BCUT2D eigenvalue weighted by Gasteiger charge is 2.17.